The van der Waals surface area contributed by atoms with Gasteiger partial charge in [-0.3, -0.25) is 0 Å². The number of benzene rings is 3. The molecule has 0 saturated heterocycles. The summed E-state index contributed by atoms with van der Waals surface area (Å²) in [5, 5.41) is 5.74. The van der Waals surface area contributed by atoms with Crippen LogP contribution in [0, 0.1) is 0 Å². The molecule has 1 atom stereocenters. The molecule has 0 aliphatic heterocycles. The molecule has 3 heteroatoms. The largest absolute Gasteiger partial charge is 0.343 e. The highest BCUT2D eigenvalue weighted by Crippen LogP contribution is 2.24. The summed E-state index contributed by atoms with van der Waals surface area (Å²) in [6, 6.07) is 27.5. The van der Waals surface area contributed by atoms with E-state index in [4.69, 9.17) is 11.6 Å². The van der Waals surface area contributed by atoms with E-state index in [0.717, 1.165) is 18.1 Å². The highest BCUT2D eigenvalue weighted by molar-refractivity contribution is 6.30. The first-order valence-corrected chi connectivity index (χ1v) is 9.68. The zero-order chi connectivity index (χ0) is 18.6. The molecule has 0 aliphatic rings. The second-order valence-corrected chi connectivity index (χ2v) is 7.38. The zero-order valence-corrected chi connectivity index (χ0v) is 16.2. The van der Waals surface area contributed by atoms with Gasteiger partial charge in [0.2, 0.25) is 0 Å². The Bertz CT molecular complexity index is 1040. The summed E-state index contributed by atoms with van der Waals surface area (Å²) in [6.07, 6.45) is 2.26. The van der Waals surface area contributed by atoms with Gasteiger partial charge in [-0.15, -0.1) is 0 Å². The van der Waals surface area contributed by atoms with E-state index in [0.29, 0.717) is 6.04 Å². The first-order valence-electron chi connectivity index (χ1n) is 9.30. The Labute approximate surface area is 165 Å². The summed E-state index contributed by atoms with van der Waals surface area (Å²) in [7, 11) is 0. The van der Waals surface area contributed by atoms with Crippen LogP contribution in [0.3, 0.4) is 0 Å². The fraction of sp³-hybridized carbons (Fsp3) is 0.167. The Morgan fingerprint density at radius 1 is 0.926 bits per heavy atom. The number of aromatic nitrogens is 1. The summed E-state index contributed by atoms with van der Waals surface area (Å²) < 4.78 is 2.31. The quantitative estimate of drug-likeness (QED) is 0.425. The number of halogens is 1. The van der Waals surface area contributed by atoms with Gasteiger partial charge >= 0.3 is 0 Å². The fourth-order valence-corrected chi connectivity index (χ4v) is 3.76. The maximum atomic E-state index is 6.16. The first kappa shape index (κ1) is 17.8. The van der Waals surface area contributed by atoms with Crippen molar-refractivity contribution in [3.8, 4) is 0 Å². The van der Waals surface area contributed by atoms with Crippen molar-refractivity contribution in [1.29, 1.82) is 0 Å². The van der Waals surface area contributed by atoms with Crippen LogP contribution in [0.15, 0.2) is 85.1 Å². The van der Waals surface area contributed by atoms with Crippen LogP contribution in [0.25, 0.3) is 10.9 Å². The lowest BCUT2D eigenvalue weighted by atomic mass is 10.1. The van der Waals surface area contributed by atoms with E-state index in [-0.39, 0.29) is 0 Å². The molecular weight excluding hydrogens is 352 g/mol. The number of nitrogens with zero attached hydrogens (tertiary/aromatic N) is 1. The van der Waals surface area contributed by atoms with Crippen molar-refractivity contribution in [1.82, 2.24) is 9.88 Å². The van der Waals surface area contributed by atoms with Crippen molar-refractivity contribution >= 4 is 22.5 Å². The molecule has 27 heavy (non-hydrogen) atoms. The van der Waals surface area contributed by atoms with E-state index in [9.17, 15) is 0 Å². The van der Waals surface area contributed by atoms with Gasteiger partial charge in [-0.25, -0.2) is 0 Å². The summed E-state index contributed by atoms with van der Waals surface area (Å²) in [5.74, 6) is 0. The molecule has 0 spiro atoms. The average Bonchev–Trinajstić information content (AvgIpc) is 3.04. The Hall–Kier alpha value is -2.55. The van der Waals surface area contributed by atoms with E-state index >= 15 is 0 Å². The highest BCUT2D eigenvalue weighted by Gasteiger charge is 2.10. The minimum Gasteiger partial charge on any atom is -0.343 e. The van der Waals surface area contributed by atoms with Crippen LogP contribution in [-0.4, -0.2) is 4.57 Å². The van der Waals surface area contributed by atoms with Gasteiger partial charge in [-0.2, -0.15) is 0 Å². The number of nitrogens with one attached hydrogen (secondary N) is 1. The van der Waals surface area contributed by atoms with Gasteiger partial charge in [0.05, 0.1) is 0 Å². The molecule has 1 N–H and O–H groups in total. The van der Waals surface area contributed by atoms with E-state index in [1.165, 1.54) is 27.6 Å². The van der Waals surface area contributed by atoms with Crippen molar-refractivity contribution in [3.05, 3.63) is 107 Å². The molecule has 3 aromatic carbocycles. The molecule has 4 aromatic rings. The van der Waals surface area contributed by atoms with Crippen LogP contribution in [0.2, 0.25) is 5.02 Å². The Balaban J connectivity index is 1.58. The number of hydrogen-bond donors (Lipinski definition) is 1. The smallest absolute Gasteiger partial charge is 0.0486 e. The number of rotatable bonds is 6. The molecular formula is C24H23ClN2. The normalized spacial score (nSPS) is 12.4. The van der Waals surface area contributed by atoms with Gasteiger partial charge in [-0.05, 0) is 41.8 Å². The predicted molar refractivity (Wildman–Crippen MR) is 114 cm³/mol. The van der Waals surface area contributed by atoms with Crippen molar-refractivity contribution in [2.24, 2.45) is 0 Å². The molecule has 1 aromatic heterocycles. The van der Waals surface area contributed by atoms with Crippen LogP contribution in [0.4, 0.5) is 0 Å². The molecule has 0 fully saturated rings. The Morgan fingerprint density at radius 2 is 1.70 bits per heavy atom. The number of para-hydroxylation sites is 1. The van der Waals surface area contributed by atoms with Crippen molar-refractivity contribution < 1.29 is 0 Å². The second-order valence-electron chi connectivity index (χ2n) is 6.94. The van der Waals surface area contributed by atoms with Crippen molar-refractivity contribution in [2.75, 3.05) is 0 Å². The van der Waals surface area contributed by atoms with Gasteiger partial charge in [0.1, 0.15) is 0 Å². The molecule has 4 rings (SSSR count). The van der Waals surface area contributed by atoms with Gasteiger partial charge < -0.3 is 9.88 Å². The lowest BCUT2D eigenvalue weighted by Gasteiger charge is -2.13. The van der Waals surface area contributed by atoms with Crippen molar-refractivity contribution in [3.63, 3.8) is 0 Å². The SMILES string of the molecule is C[C@H](NCc1cn(Cc2cccc(Cl)c2)c2ccccc12)c1ccccc1. The zero-order valence-electron chi connectivity index (χ0n) is 15.4. The minimum absolute atomic E-state index is 0.307. The lowest BCUT2D eigenvalue weighted by molar-refractivity contribution is 0.575. The summed E-state index contributed by atoms with van der Waals surface area (Å²) in [6.45, 7) is 3.86. The molecule has 0 amide bonds. The molecule has 2 nitrogen and oxygen atoms in total. The Morgan fingerprint density at radius 3 is 2.52 bits per heavy atom. The Kier molecular flexibility index (Phi) is 5.28. The summed E-state index contributed by atoms with van der Waals surface area (Å²) in [4.78, 5) is 0. The van der Waals surface area contributed by atoms with E-state index in [1.807, 2.05) is 18.2 Å². The average molecular weight is 375 g/mol. The molecule has 0 aliphatic carbocycles. The third-order valence-electron chi connectivity index (χ3n) is 5.01. The first-order chi connectivity index (χ1) is 13.2. The third-order valence-corrected chi connectivity index (χ3v) is 5.25. The summed E-state index contributed by atoms with van der Waals surface area (Å²) in [5.41, 5.74) is 5.08. The monoisotopic (exact) mass is 374 g/mol. The second kappa shape index (κ2) is 7.99. The standard InChI is InChI=1S/C24H23ClN2/c1-18(20-9-3-2-4-10-20)26-15-21-17-27(24-13-6-5-12-23(21)24)16-19-8-7-11-22(25)14-19/h2-14,17-18,26H,15-16H2,1H3/t18-/m0/s1. The van der Waals surface area contributed by atoms with Gasteiger partial charge in [-0.1, -0.05) is 72.3 Å². The van der Waals surface area contributed by atoms with Gasteiger partial charge in [0, 0.05) is 41.3 Å². The number of fused-ring (bicyclic) bond motifs is 1. The molecule has 0 saturated carbocycles. The maximum absolute atomic E-state index is 6.16. The van der Waals surface area contributed by atoms with Crippen molar-refractivity contribution in [2.45, 2.75) is 26.1 Å². The number of hydrogen-bond acceptors (Lipinski definition) is 1. The topological polar surface area (TPSA) is 17.0 Å². The highest BCUT2D eigenvalue weighted by atomic mass is 35.5. The van der Waals surface area contributed by atoms with Crippen LogP contribution in [0.1, 0.15) is 29.7 Å². The van der Waals surface area contributed by atoms with Crippen LogP contribution < -0.4 is 5.32 Å². The summed E-state index contributed by atoms with van der Waals surface area (Å²) >= 11 is 6.16. The predicted octanol–water partition coefficient (Wildman–Crippen LogP) is 6.19. The lowest BCUT2D eigenvalue weighted by Crippen LogP contribution is -2.17. The van der Waals surface area contributed by atoms with Gasteiger partial charge in [0.15, 0.2) is 0 Å². The third kappa shape index (κ3) is 4.08. The minimum atomic E-state index is 0.307. The van der Waals surface area contributed by atoms with E-state index in [2.05, 4.69) is 83.7 Å². The molecule has 136 valence electrons. The van der Waals surface area contributed by atoms with E-state index in [1.54, 1.807) is 0 Å². The maximum Gasteiger partial charge on any atom is 0.0486 e. The molecule has 1 heterocycles. The molecule has 0 radical (unpaired) electrons. The van der Waals surface area contributed by atoms with E-state index < -0.39 is 0 Å². The van der Waals surface area contributed by atoms with Crippen LogP contribution in [-0.2, 0) is 13.1 Å². The molecule has 0 unspecified atom stereocenters. The fourth-order valence-electron chi connectivity index (χ4n) is 3.55. The molecule has 0 bridgehead atoms. The van der Waals surface area contributed by atoms with Crippen LogP contribution >= 0.6 is 11.6 Å². The van der Waals surface area contributed by atoms with Crippen LogP contribution in [0.5, 0.6) is 0 Å². The van der Waals surface area contributed by atoms with Gasteiger partial charge in [0.25, 0.3) is 0 Å².